The van der Waals surface area contributed by atoms with Gasteiger partial charge >= 0.3 is 0 Å². The van der Waals surface area contributed by atoms with Crippen molar-refractivity contribution in [2.75, 3.05) is 19.5 Å². The van der Waals surface area contributed by atoms with E-state index in [1.165, 1.54) is 0 Å². The second-order valence-electron chi connectivity index (χ2n) is 8.50. The highest BCUT2D eigenvalue weighted by Crippen LogP contribution is 2.29. The third kappa shape index (κ3) is 11.7. The van der Waals surface area contributed by atoms with Crippen LogP contribution in [-0.2, 0) is 27.9 Å². The molecule has 7 nitrogen and oxygen atoms in total. The third-order valence-electron chi connectivity index (χ3n) is 5.28. The molecule has 0 aliphatic carbocycles. The minimum Gasteiger partial charge on any atom is -0.748 e. The second kappa shape index (κ2) is 15.1. The van der Waals surface area contributed by atoms with Crippen LogP contribution in [0, 0.1) is 13.8 Å². The summed E-state index contributed by atoms with van der Waals surface area (Å²) in [6, 6.07) is 11.8. The summed E-state index contributed by atoms with van der Waals surface area (Å²) in [5.74, 6) is 0.972. The van der Waals surface area contributed by atoms with Gasteiger partial charge in [0.1, 0.15) is 43.9 Å². The first kappa shape index (κ1) is 30.9. The van der Waals surface area contributed by atoms with Gasteiger partial charge in [-0.15, -0.1) is 0 Å². The van der Waals surface area contributed by atoms with E-state index in [1.807, 2.05) is 31.3 Å². The molecular weight excluding hydrogens is 535 g/mol. The smallest absolute Gasteiger partial charge is 0.243 e. The molecule has 0 saturated carbocycles. The third-order valence-corrected chi connectivity index (χ3v) is 5.84. The first-order valence-corrected chi connectivity index (χ1v) is 14.4. The van der Waals surface area contributed by atoms with Crippen molar-refractivity contribution in [3.05, 3.63) is 94.0 Å². The van der Waals surface area contributed by atoms with Crippen molar-refractivity contribution in [1.29, 1.82) is 0 Å². The number of benzene rings is 2. The molecule has 0 bridgehead atoms. The zero-order chi connectivity index (χ0) is 27.4. The molecule has 0 aliphatic heterocycles. The number of hydrogen-bond acceptors (Lipinski definition) is 5. The normalized spacial score (nSPS) is 12.3. The number of imidazole rings is 1. The standard InChI is InChI=1S/C26H31Cl2N2O2.CH4O3S/c1-4-5-6-15-31-25(23-11-10-22(27)17-24(23)28)18-30-13-12-29(19-30)14-16-32-26-20(2)8-7-9-21(26)3;1-5(2,3)4/h4-5,7-13,17,19,25H,6,14-16,18H2,1-3H3;1H3,(H,2,3,4)/q+1;/p-1/b5-4+;. The molecule has 37 heavy (non-hydrogen) atoms. The largest absolute Gasteiger partial charge is 0.748 e. The van der Waals surface area contributed by atoms with Gasteiger partial charge in [0.2, 0.25) is 6.33 Å². The highest BCUT2D eigenvalue weighted by molar-refractivity contribution is 7.84. The Morgan fingerprint density at radius 3 is 2.43 bits per heavy atom. The van der Waals surface area contributed by atoms with Gasteiger partial charge in [-0.05, 0) is 50.5 Å². The fraction of sp³-hybridized carbons (Fsp3) is 0.370. The number of aryl methyl sites for hydroxylation is 2. The molecule has 202 valence electrons. The van der Waals surface area contributed by atoms with Crippen LogP contribution in [0.4, 0.5) is 0 Å². The zero-order valence-electron chi connectivity index (χ0n) is 21.6. The summed E-state index contributed by atoms with van der Waals surface area (Å²) < 4.78 is 43.7. The summed E-state index contributed by atoms with van der Waals surface area (Å²) in [5, 5.41) is 1.24. The molecule has 0 spiro atoms. The molecule has 0 N–H and O–H groups in total. The number of allylic oxidation sites excluding steroid dienone is 1. The monoisotopic (exact) mass is 568 g/mol. The van der Waals surface area contributed by atoms with Crippen molar-refractivity contribution in [3.8, 4) is 5.75 Å². The number of hydrogen-bond donors (Lipinski definition) is 0. The van der Waals surface area contributed by atoms with E-state index in [0.717, 1.165) is 35.4 Å². The summed E-state index contributed by atoms with van der Waals surface area (Å²) >= 11 is 12.6. The predicted octanol–water partition coefficient (Wildman–Crippen LogP) is 5.66. The summed E-state index contributed by atoms with van der Waals surface area (Å²) in [4.78, 5) is 0. The molecule has 0 fully saturated rings. The minimum atomic E-state index is -3.92. The molecule has 1 aromatic heterocycles. The molecule has 1 atom stereocenters. The Morgan fingerprint density at radius 2 is 1.81 bits per heavy atom. The van der Waals surface area contributed by atoms with Crippen LogP contribution < -0.4 is 9.30 Å². The summed E-state index contributed by atoms with van der Waals surface area (Å²) in [7, 11) is -3.92. The summed E-state index contributed by atoms with van der Waals surface area (Å²) in [5.41, 5.74) is 3.26. The highest BCUT2D eigenvalue weighted by Gasteiger charge is 2.19. The molecule has 1 unspecified atom stereocenters. The Bertz CT molecular complexity index is 1250. The molecule has 3 aromatic rings. The Hall–Kier alpha value is -2.36. The van der Waals surface area contributed by atoms with Crippen molar-refractivity contribution in [1.82, 2.24) is 4.57 Å². The SMILES string of the molecule is C/C=C/CCOC(C[n+]1ccn(CCOc2c(C)cccc2C)c1)c1ccc(Cl)cc1Cl.CS(=O)(=O)[O-]. The van der Waals surface area contributed by atoms with Gasteiger partial charge in [0.05, 0.1) is 16.7 Å². The van der Waals surface area contributed by atoms with E-state index in [9.17, 15) is 0 Å². The van der Waals surface area contributed by atoms with E-state index in [0.29, 0.717) is 36.1 Å². The molecule has 10 heteroatoms. The second-order valence-corrected chi connectivity index (χ2v) is 10.8. The fourth-order valence-corrected chi connectivity index (χ4v) is 4.13. The first-order valence-electron chi connectivity index (χ1n) is 11.8. The lowest BCUT2D eigenvalue weighted by atomic mass is 10.1. The van der Waals surface area contributed by atoms with Gasteiger partial charge in [-0.25, -0.2) is 17.6 Å². The molecule has 3 rings (SSSR count). The average molecular weight is 570 g/mol. The first-order chi connectivity index (χ1) is 17.5. The maximum absolute atomic E-state index is 9.08. The van der Waals surface area contributed by atoms with Crippen molar-refractivity contribution in [2.24, 2.45) is 0 Å². The Morgan fingerprint density at radius 1 is 1.14 bits per heavy atom. The lowest BCUT2D eigenvalue weighted by Gasteiger charge is -2.18. The lowest BCUT2D eigenvalue weighted by Crippen LogP contribution is -2.35. The molecule has 1 heterocycles. The van der Waals surface area contributed by atoms with Gasteiger partial charge in [0.15, 0.2) is 0 Å². The molecular formula is C27H34Cl2N2O5S. The van der Waals surface area contributed by atoms with Crippen molar-refractivity contribution >= 4 is 33.3 Å². The number of aromatic nitrogens is 2. The van der Waals surface area contributed by atoms with Crippen molar-refractivity contribution < 1.29 is 27.0 Å². The maximum atomic E-state index is 9.08. The molecule has 0 saturated heterocycles. The number of rotatable bonds is 11. The topological polar surface area (TPSA) is 84.5 Å². The van der Waals surface area contributed by atoms with E-state index in [2.05, 4.69) is 59.8 Å². The predicted molar refractivity (Wildman–Crippen MR) is 146 cm³/mol. The average Bonchev–Trinajstić information content (AvgIpc) is 3.24. The fourth-order valence-electron chi connectivity index (χ4n) is 3.60. The van der Waals surface area contributed by atoms with E-state index in [-0.39, 0.29) is 6.10 Å². The molecule has 0 amide bonds. The maximum Gasteiger partial charge on any atom is 0.243 e. The van der Waals surface area contributed by atoms with Crippen molar-refractivity contribution in [2.45, 2.75) is 46.4 Å². The Kier molecular flexibility index (Phi) is 12.6. The van der Waals surface area contributed by atoms with Gasteiger partial charge < -0.3 is 14.0 Å². The van der Waals surface area contributed by atoms with Crippen LogP contribution >= 0.6 is 23.2 Å². The molecule has 2 aromatic carbocycles. The van der Waals surface area contributed by atoms with E-state index < -0.39 is 10.1 Å². The van der Waals surface area contributed by atoms with E-state index in [4.69, 9.17) is 45.6 Å². The zero-order valence-corrected chi connectivity index (χ0v) is 23.9. The van der Waals surface area contributed by atoms with Gasteiger partial charge in [0, 0.05) is 21.9 Å². The number of nitrogens with zero attached hydrogens (tertiary/aromatic N) is 2. The molecule has 0 aliphatic rings. The summed E-state index contributed by atoms with van der Waals surface area (Å²) in [6.07, 6.45) is 11.6. The quantitative estimate of drug-likeness (QED) is 0.129. The van der Waals surface area contributed by atoms with Gasteiger partial charge in [0.25, 0.3) is 0 Å². The van der Waals surface area contributed by atoms with Crippen molar-refractivity contribution in [3.63, 3.8) is 0 Å². The Labute approximate surface area is 230 Å². The van der Waals surface area contributed by atoms with Crippen LogP contribution in [0.25, 0.3) is 0 Å². The van der Waals surface area contributed by atoms with Crippen LogP contribution in [0.3, 0.4) is 0 Å². The van der Waals surface area contributed by atoms with Crippen LogP contribution in [0.15, 0.2) is 67.3 Å². The van der Waals surface area contributed by atoms with Gasteiger partial charge in [-0.1, -0.05) is 59.6 Å². The molecule has 0 radical (unpaired) electrons. The van der Waals surface area contributed by atoms with Gasteiger partial charge in [-0.3, -0.25) is 0 Å². The van der Waals surface area contributed by atoms with E-state index in [1.54, 1.807) is 6.07 Å². The van der Waals surface area contributed by atoms with E-state index >= 15 is 0 Å². The number of halogens is 2. The van der Waals surface area contributed by atoms with Crippen LogP contribution in [-0.4, -0.2) is 37.0 Å². The lowest BCUT2D eigenvalue weighted by molar-refractivity contribution is -0.704. The van der Waals surface area contributed by atoms with Crippen LogP contribution in [0.1, 0.15) is 36.1 Å². The van der Waals surface area contributed by atoms with Crippen LogP contribution in [0.2, 0.25) is 10.0 Å². The van der Waals surface area contributed by atoms with Gasteiger partial charge in [-0.2, -0.15) is 0 Å². The summed E-state index contributed by atoms with van der Waals surface area (Å²) in [6.45, 7) is 8.80. The minimum absolute atomic E-state index is 0.170. The Balaban J connectivity index is 0.000000877. The number of para-hydroxylation sites is 1. The highest BCUT2D eigenvalue weighted by atomic mass is 35.5. The van der Waals surface area contributed by atoms with Crippen LogP contribution in [0.5, 0.6) is 5.75 Å². The number of ether oxygens (including phenoxy) is 2.